The van der Waals surface area contributed by atoms with Crippen LogP contribution in [-0.2, 0) is 9.59 Å². The third-order valence-corrected chi connectivity index (χ3v) is 5.23. The topological polar surface area (TPSA) is 120 Å². The summed E-state index contributed by atoms with van der Waals surface area (Å²) < 4.78 is 5.41. The number of aromatic hydroxyl groups is 1. The molecule has 8 nitrogen and oxygen atoms in total. The maximum Gasteiger partial charge on any atom is 0.339 e. The highest BCUT2D eigenvalue weighted by Gasteiger charge is 2.38. The van der Waals surface area contributed by atoms with Crippen LogP contribution in [0.3, 0.4) is 0 Å². The Kier molecular flexibility index (Phi) is 5.52. The number of thioether (sulfide) groups is 1. The molecule has 0 saturated carbocycles. The lowest BCUT2D eigenvalue weighted by Crippen LogP contribution is -2.44. The average molecular weight is 418 g/mol. The van der Waals surface area contributed by atoms with Crippen LogP contribution in [0.1, 0.15) is 23.0 Å². The molecule has 1 aliphatic rings. The minimum atomic E-state index is -1.33. The van der Waals surface area contributed by atoms with Gasteiger partial charge in [-0.15, -0.1) is 0 Å². The molecule has 1 atom stereocenters. The lowest BCUT2D eigenvalue weighted by molar-refractivity contribution is -0.129. The van der Waals surface area contributed by atoms with E-state index in [9.17, 15) is 19.5 Å². The number of carboxylic acid groups (broad SMARTS) is 1. The lowest BCUT2D eigenvalue weighted by Gasteiger charge is -2.22. The fourth-order valence-corrected chi connectivity index (χ4v) is 3.86. The van der Waals surface area contributed by atoms with Crippen LogP contribution in [0.2, 0.25) is 0 Å². The molecule has 2 amide bonds. The summed E-state index contributed by atoms with van der Waals surface area (Å²) in [6, 6.07) is 6.09. The van der Waals surface area contributed by atoms with E-state index in [1.54, 1.807) is 18.2 Å². The largest absolute Gasteiger partial charge is 0.507 e. The third kappa shape index (κ3) is 3.92. The Bertz CT molecular complexity index is 1000. The SMILES string of the molecule is CC(C(=O)Nc1ccc(O)c(C(=O)O)c1)N1C(=O)/C(=C\c2ccco2)SC1=S. The van der Waals surface area contributed by atoms with Crippen molar-refractivity contribution in [2.24, 2.45) is 0 Å². The van der Waals surface area contributed by atoms with Crippen molar-refractivity contribution in [3.63, 3.8) is 0 Å². The van der Waals surface area contributed by atoms with Gasteiger partial charge < -0.3 is 19.9 Å². The predicted molar refractivity (Wildman–Crippen MR) is 107 cm³/mol. The summed E-state index contributed by atoms with van der Waals surface area (Å²) in [6.45, 7) is 1.51. The van der Waals surface area contributed by atoms with Crippen molar-refractivity contribution < 1.29 is 29.0 Å². The van der Waals surface area contributed by atoms with Gasteiger partial charge in [0.25, 0.3) is 5.91 Å². The monoisotopic (exact) mass is 418 g/mol. The first kappa shape index (κ1) is 19.6. The highest BCUT2D eigenvalue weighted by Crippen LogP contribution is 2.34. The average Bonchev–Trinajstić information content (AvgIpc) is 3.24. The maximum absolute atomic E-state index is 12.6. The molecule has 10 heteroatoms. The number of phenols is 1. The smallest absolute Gasteiger partial charge is 0.339 e. The van der Waals surface area contributed by atoms with E-state index >= 15 is 0 Å². The summed E-state index contributed by atoms with van der Waals surface area (Å²) >= 11 is 6.29. The second kappa shape index (κ2) is 7.87. The van der Waals surface area contributed by atoms with E-state index in [1.165, 1.54) is 24.2 Å². The first-order valence-corrected chi connectivity index (χ1v) is 9.18. The molecule has 1 fully saturated rings. The molecule has 1 aliphatic heterocycles. The maximum atomic E-state index is 12.6. The first-order chi connectivity index (χ1) is 13.3. The number of carbonyl (C=O) groups is 3. The molecular formula is C18H14N2O6S2. The van der Waals surface area contributed by atoms with Crippen molar-refractivity contribution in [3.05, 3.63) is 52.8 Å². The van der Waals surface area contributed by atoms with Gasteiger partial charge >= 0.3 is 5.97 Å². The molecule has 28 heavy (non-hydrogen) atoms. The van der Waals surface area contributed by atoms with Crippen LogP contribution in [0.5, 0.6) is 5.75 Å². The molecule has 0 radical (unpaired) electrons. The van der Waals surface area contributed by atoms with Gasteiger partial charge in [-0.2, -0.15) is 0 Å². The van der Waals surface area contributed by atoms with Crippen LogP contribution in [0.4, 0.5) is 5.69 Å². The molecule has 0 aliphatic carbocycles. The normalized spacial score (nSPS) is 16.5. The number of amides is 2. The van der Waals surface area contributed by atoms with Crippen molar-refractivity contribution in [2.75, 3.05) is 5.32 Å². The van der Waals surface area contributed by atoms with Gasteiger partial charge in [0.05, 0.1) is 11.2 Å². The fraction of sp³-hybridized carbons (Fsp3) is 0.111. The molecular weight excluding hydrogens is 404 g/mol. The van der Waals surface area contributed by atoms with E-state index in [4.69, 9.17) is 21.7 Å². The fourth-order valence-electron chi connectivity index (χ4n) is 2.47. The number of thiocarbonyl (C=S) groups is 1. The molecule has 1 aromatic carbocycles. The van der Waals surface area contributed by atoms with E-state index in [2.05, 4.69) is 5.32 Å². The van der Waals surface area contributed by atoms with Crippen LogP contribution >= 0.6 is 24.0 Å². The number of hydrogen-bond acceptors (Lipinski definition) is 7. The van der Waals surface area contributed by atoms with Crippen LogP contribution in [-0.4, -0.2) is 43.3 Å². The van der Waals surface area contributed by atoms with E-state index in [0.717, 1.165) is 23.9 Å². The van der Waals surface area contributed by atoms with E-state index in [1.807, 2.05) is 0 Å². The van der Waals surface area contributed by atoms with Gasteiger partial charge in [-0.25, -0.2) is 4.79 Å². The quantitative estimate of drug-likeness (QED) is 0.385. The number of hydrogen-bond donors (Lipinski definition) is 3. The van der Waals surface area contributed by atoms with Gasteiger partial charge in [0.1, 0.15) is 27.4 Å². The zero-order valence-electron chi connectivity index (χ0n) is 14.4. The third-order valence-electron chi connectivity index (χ3n) is 3.90. The number of benzene rings is 1. The summed E-state index contributed by atoms with van der Waals surface area (Å²) in [4.78, 5) is 37.8. The molecule has 2 heterocycles. The summed E-state index contributed by atoms with van der Waals surface area (Å²) in [5.74, 6) is -2.24. The highest BCUT2D eigenvalue weighted by molar-refractivity contribution is 8.26. The number of anilines is 1. The van der Waals surface area contributed by atoms with Crippen LogP contribution < -0.4 is 5.32 Å². The van der Waals surface area contributed by atoms with Gasteiger partial charge in [0, 0.05) is 11.8 Å². The van der Waals surface area contributed by atoms with Crippen LogP contribution in [0, 0.1) is 0 Å². The minimum absolute atomic E-state index is 0.170. The zero-order chi connectivity index (χ0) is 20.4. The van der Waals surface area contributed by atoms with Crippen molar-refractivity contribution in [1.82, 2.24) is 4.90 Å². The van der Waals surface area contributed by atoms with Gasteiger partial charge in [-0.05, 0) is 37.3 Å². The van der Waals surface area contributed by atoms with Crippen molar-refractivity contribution >= 4 is 57.8 Å². The second-order valence-corrected chi connectivity index (χ2v) is 7.45. The van der Waals surface area contributed by atoms with Gasteiger partial charge in [-0.3, -0.25) is 14.5 Å². The molecule has 3 N–H and O–H groups in total. The summed E-state index contributed by atoms with van der Waals surface area (Å²) in [6.07, 6.45) is 3.02. The standard InChI is InChI=1S/C18H14N2O6S2/c1-9(15(22)19-10-4-5-13(21)12(7-10)17(24)25)20-16(23)14(28-18(20)27)8-11-3-2-6-26-11/h2-9,21H,1H3,(H,19,22)(H,24,25)/b14-8+. The van der Waals surface area contributed by atoms with Gasteiger partial charge in [-0.1, -0.05) is 24.0 Å². The Labute approximate surface area is 168 Å². The number of nitrogens with zero attached hydrogens (tertiary/aromatic N) is 1. The molecule has 3 rings (SSSR count). The molecule has 0 bridgehead atoms. The number of nitrogens with one attached hydrogen (secondary N) is 1. The van der Waals surface area contributed by atoms with Crippen molar-refractivity contribution in [3.8, 4) is 5.75 Å². The van der Waals surface area contributed by atoms with Crippen molar-refractivity contribution in [2.45, 2.75) is 13.0 Å². The first-order valence-electron chi connectivity index (χ1n) is 7.95. The van der Waals surface area contributed by atoms with E-state index in [-0.39, 0.29) is 15.6 Å². The van der Waals surface area contributed by atoms with Crippen molar-refractivity contribution in [1.29, 1.82) is 0 Å². The lowest BCUT2D eigenvalue weighted by atomic mass is 10.1. The van der Waals surface area contributed by atoms with Crippen LogP contribution in [0.15, 0.2) is 45.9 Å². The van der Waals surface area contributed by atoms with E-state index < -0.39 is 29.6 Å². The molecule has 2 aromatic rings. The van der Waals surface area contributed by atoms with Gasteiger partial charge in [0.15, 0.2) is 0 Å². The molecule has 144 valence electrons. The van der Waals surface area contributed by atoms with Gasteiger partial charge in [0.2, 0.25) is 5.91 Å². The van der Waals surface area contributed by atoms with E-state index in [0.29, 0.717) is 10.7 Å². The molecule has 1 aromatic heterocycles. The Morgan fingerprint density at radius 2 is 2.11 bits per heavy atom. The molecule has 0 spiro atoms. The predicted octanol–water partition coefficient (Wildman–Crippen LogP) is 2.91. The Balaban J connectivity index is 1.76. The van der Waals surface area contributed by atoms with Crippen LogP contribution in [0.25, 0.3) is 6.08 Å². The zero-order valence-corrected chi connectivity index (χ0v) is 16.0. The Morgan fingerprint density at radius 3 is 2.75 bits per heavy atom. The molecule has 1 unspecified atom stereocenters. The summed E-state index contributed by atoms with van der Waals surface area (Å²) in [5.41, 5.74) is -0.180. The summed E-state index contributed by atoms with van der Waals surface area (Å²) in [7, 11) is 0. The minimum Gasteiger partial charge on any atom is -0.507 e. The summed E-state index contributed by atoms with van der Waals surface area (Å²) in [5, 5.41) is 21.1. The Hall–Kier alpha value is -3.11. The second-order valence-electron chi connectivity index (χ2n) is 5.77. The number of aromatic carboxylic acids is 1. The number of furan rings is 1. The Morgan fingerprint density at radius 1 is 1.36 bits per heavy atom. The number of carboxylic acids is 1. The number of rotatable bonds is 5. The number of carbonyl (C=O) groups excluding carboxylic acids is 2. The molecule has 1 saturated heterocycles. The highest BCUT2D eigenvalue weighted by atomic mass is 32.2.